The third-order valence-corrected chi connectivity index (χ3v) is 6.59. The lowest BCUT2D eigenvalue weighted by atomic mass is 10.0. The van der Waals surface area contributed by atoms with E-state index in [-0.39, 0.29) is 6.10 Å². The van der Waals surface area contributed by atoms with Crippen LogP contribution in [0.3, 0.4) is 0 Å². The van der Waals surface area contributed by atoms with Gasteiger partial charge in [0, 0.05) is 33.8 Å². The van der Waals surface area contributed by atoms with Gasteiger partial charge in [-0.1, -0.05) is 66.0 Å². The first-order valence-corrected chi connectivity index (χ1v) is 10.6. The van der Waals surface area contributed by atoms with E-state index in [1.165, 1.54) is 10.3 Å². The zero-order valence-electron chi connectivity index (χ0n) is 16.5. The van der Waals surface area contributed by atoms with Crippen molar-refractivity contribution in [3.63, 3.8) is 0 Å². The summed E-state index contributed by atoms with van der Waals surface area (Å²) >= 11 is 1.76. The van der Waals surface area contributed by atoms with E-state index in [4.69, 9.17) is 9.72 Å². The van der Waals surface area contributed by atoms with Gasteiger partial charge in [0.15, 0.2) is 5.13 Å². The molecule has 28 heavy (non-hydrogen) atoms. The van der Waals surface area contributed by atoms with Crippen LogP contribution in [-0.4, -0.2) is 55.8 Å². The third kappa shape index (κ3) is 4.27. The number of para-hydroxylation sites is 1. The van der Waals surface area contributed by atoms with Gasteiger partial charge in [-0.05, 0) is 24.1 Å². The molecule has 0 saturated carbocycles. The van der Waals surface area contributed by atoms with E-state index in [1.807, 2.05) is 19.2 Å². The van der Waals surface area contributed by atoms with Gasteiger partial charge < -0.3 is 9.64 Å². The Bertz CT molecular complexity index is 891. The molecule has 3 aromatic rings. The topological polar surface area (TPSA) is 28.6 Å². The summed E-state index contributed by atoms with van der Waals surface area (Å²) in [6.07, 6.45) is 5.70. The maximum atomic E-state index is 5.88. The van der Waals surface area contributed by atoms with Crippen molar-refractivity contribution in [2.75, 3.05) is 38.7 Å². The van der Waals surface area contributed by atoms with Crippen molar-refractivity contribution in [3.8, 4) is 0 Å². The second kappa shape index (κ2) is 8.86. The van der Waals surface area contributed by atoms with E-state index in [0.29, 0.717) is 6.04 Å². The molecule has 0 radical (unpaired) electrons. The number of ether oxygens (including phenoxy) is 1. The number of thiazole rings is 1. The number of hydrogen-bond acceptors (Lipinski definition) is 5. The maximum absolute atomic E-state index is 5.88. The van der Waals surface area contributed by atoms with Crippen molar-refractivity contribution in [1.29, 1.82) is 0 Å². The van der Waals surface area contributed by atoms with Crippen LogP contribution in [0.1, 0.15) is 12.0 Å². The first-order valence-electron chi connectivity index (χ1n) is 9.80. The van der Waals surface area contributed by atoms with Crippen molar-refractivity contribution in [3.05, 3.63) is 66.2 Å². The molecule has 1 saturated heterocycles. The summed E-state index contributed by atoms with van der Waals surface area (Å²) in [4.78, 5) is 9.61. The summed E-state index contributed by atoms with van der Waals surface area (Å²) in [5, 5.41) is 1.07. The third-order valence-electron chi connectivity index (χ3n) is 5.47. The SMILES string of the molecule is CO[C@@H]1CN(CC=Cc2ccccc2)CC[C@@H]1N(C)c1nc2ccccc2s1. The van der Waals surface area contributed by atoms with E-state index < -0.39 is 0 Å². The van der Waals surface area contributed by atoms with Gasteiger partial charge in [-0.3, -0.25) is 4.90 Å². The number of fused-ring (bicyclic) bond motifs is 1. The lowest BCUT2D eigenvalue weighted by Gasteiger charge is -2.41. The number of anilines is 1. The minimum absolute atomic E-state index is 0.177. The maximum Gasteiger partial charge on any atom is 0.186 e. The minimum Gasteiger partial charge on any atom is -0.378 e. The van der Waals surface area contributed by atoms with Crippen molar-refractivity contribution in [2.24, 2.45) is 0 Å². The molecule has 0 spiro atoms. The first-order chi connectivity index (χ1) is 13.7. The summed E-state index contributed by atoms with van der Waals surface area (Å²) in [5.74, 6) is 0. The number of likely N-dealkylation sites (N-methyl/N-ethyl adjacent to an activating group) is 1. The zero-order valence-corrected chi connectivity index (χ0v) is 17.3. The van der Waals surface area contributed by atoms with Crippen LogP contribution >= 0.6 is 11.3 Å². The van der Waals surface area contributed by atoms with Crippen LogP contribution < -0.4 is 4.90 Å². The van der Waals surface area contributed by atoms with Crippen LogP contribution in [0.25, 0.3) is 16.3 Å². The highest BCUT2D eigenvalue weighted by Crippen LogP contribution is 2.31. The Morgan fingerprint density at radius 3 is 2.75 bits per heavy atom. The number of benzene rings is 2. The Morgan fingerprint density at radius 1 is 1.18 bits per heavy atom. The Kier molecular flexibility index (Phi) is 6.05. The van der Waals surface area contributed by atoms with Gasteiger partial charge in [-0.15, -0.1) is 0 Å². The first kappa shape index (κ1) is 19.1. The lowest BCUT2D eigenvalue weighted by Crippen LogP contribution is -2.54. The van der Waals surface area contributed by atoms with Gasteiger partial charge in [0.05, 0.1) is 22.4 Å². The Hall–Kier alpha value is -2.21. The average molecular weight is 394 g/mol. The molecule has 2 aromatic carbocycles. The van der Waals surface area contributed by atoms with E-state index in [0.717, 1.165) is 36.7 Å². The zero-order chi connectivity index (χ0) is 19.3. The van der Waals surface area contributed by atoms with Crippen LogP contribution in [0.5, 0.6) is 0 Å². The number of rotatable bonds is 6. The van der Waals surface area contributed by atoms with Gasteiger partial charge in [0.1, 0.15) is 0 Å². The number of methoxy groups -OCH3 is 1. The number of hydrogen-bond donors (Lipinski definition) is 0. The van der Waals surface area contributed by atoms with Gasteiger partial charge >= 0.3 is 0 Å². The van der Waals surface area contributed by atoms with E-state index in [1.54, 1.807) is 11.3 Å². The highest BCUT2D eigenvalue weighted by atomic mass is 32.1. The fourth-order valence-corrected chi connectivity index (χ4v) is 4.85. The van der Waals surface area contributed by atoms with E-state index in [2.05, 4.69) is 71.5 Å². The molecule has 1 fully saturated rings. The van der Waals surface area contributed by atoms with Gasteiger partial charge in [0.2, 0.25) is 0 Å². The van der Waals surface area contributed by atoms with Crippen molar-refractivity contribution in [2.45, 2.75) is 18.6 Å². The van der Waals surface area contributed by atoms with Crippen LogP contribution in [0.2, 0.25) is 0 Å². The summed E-state index contributed by atoms with van der Waals surface area (Å²) in [6, 6.07) is 19.1. The molecule has 0 amide bonds. The Labute approximate surface area is 171 Å². The van der Waals surface area contributed by atoms with Gasteiger partial charge in [-0.25, -0.2) is 4.98 Å². The van der Waals surface area contributed by atoms with Crippen LogP contribution in [0.15, 0.2) is 60.7 Å². The molecule has 2 atom stereocenters. The summed E-state index contributed by atoms with van der Waals surface area (Å²) in [5.41, 5.74) is 2.32. The lowest BCUT2D eigenvalue weighted by molar-refractivity contribution is 0.0195. The molecule has 146 valence electrons. The molecule has 4 rings (SSSR count). The van der Waals surface area contributed by atoms with Crippen molar-refractivity contribution < 1.29 is 4.74 Å². The van der Waals surface area contributed by atoms with Crippen LogP contribution in [0, 0.1) is 0 Å². The molecule has 1 aliphatic rings. The molecule has 0 N–H and O–H groups in total. The molecule has 0 bridgehead atoms. The highest BCUT2D eigenvalue weighted by Gasteiger charge is 2.32. The van der Waals surface area contributed by atoms with Crippen LogP contribution in [-0.2, 0) is 4.74 Å². The standard InChI is InChI=1S/C23H27N3OS/c1-25(23-24-19-12-6-7-13-22(19)28-23)20-14-16-26(17-21(20)27-2)15-8-11-18-9-4-3-5-10-18/h3-13,20-21H,14-17H2,1-2H3/t20-,21+/m0/s1. The van der Waals surface area contributed by atoms with Crippen LogP contribution in [0.4, 0.5) is 5.13 Å². The molecule has 0 aliphatic carbocycles. The van der Waals surface area contributed by atoms with E-state index in [9.17, 15) is 0 Å². The molecule has 1 aliphatic heterocycles. The smallest absolute Gasteiger partial charge is 0.186 e. The Balaban J connectivity index is 1.39. The summed E-state index contributed by atoms with van der Waals surface area (Å²) in [6.45, 7) is 2.96. The molecular formula is C23H27N3OS. The number of aromatic nitrogens is 1. The second-order valence-corrected chi connectivity index (χ2v) is 8.29. The van der Waals surface area contributed by atoms with Gasteiger partial charge in [-0.2, -0.15) is 0 Å². The fourth-order valence-electron chi connectivity index (χ4n) is 3.86. The number of likely N-dealkylation sites (tertiary alicyclic amines) is 1. The minimum atomic E-state index is 0.177. The molecule has 0 unspecified atom stereocenters. The van der Waals surface area contributed by atoms with E-state index >= 15 is 0 Å². The predicted molar refractivity (Wildman–Crippen MR) is 119 cm³/mol. The summed E-state index contributed by atoms with van der Waals surface area (Å²) in [7, 11) is 3.98. The quantitative estimate of drug-likeness (QED) is 0.615. The fraction of sp³-hybridized carbons (Fsp3) is 0.348. The Morgan fingerprint density at radius 2 is 1.96 bits per heavy atom. The molecule has 1 aromatic heterocycles. The molecule has 5 heteroatoms. The predicted octanol–water partition coefficient (Wildman–Crippen LogP) is 4.54. The monoisotopic (exact) mass is 393 g/mol. The normalized spacial score (nSPS) is 20.8. The summed E-state index contributed by atoms with van der Waals surface area (Å²) < 4.78 is 7.12. The van der Waals surface area contributed by atoms with Gasteiger partial charge in [0.25, 0.3) is 0 Å². The largest absolute Gasteiger partial charge is 0.378 e. The molecule has 4 nitrogen and oxygen atoms in total. The molecule has 2 heterocycles. The van der Waals surface area contributed by atoms with Crippen molar-refractivity contribution in [1.82, 2.24) is 9.88 Å². The van der Waals surface area contributed by atoms with Crippen molar-refractivity contribution >= 4 is 32.8 Å². The average Bonchev–Trinajstić information content (AvgIpc) is 3.18. The second-order valence-electron chi connectivity index (χ2n) is 7.28. The number of nitrogens with zero attached hydrogens (tertiary/aromatic N) is 3. The highest BCUT2D eigenvalue weighted by molar-refractivity contribution is 7.22. The molecular weight excluding hydrogens is 366 g/mol. The number of piperidine rings is 1.